The number of hydroxylamine groups is 1. The fourth-order valence-electron chi connectivity index (χ4n) is 3.37. The van der Waals surface area contributed by atoms with Gasteiger partial charge in [-0.05, 0) is 49.6 Å². The Morgan fingerprint density at radius 1 is 1.34 bits per heavy atom. The molecule has 6 nitrogen and oxygen atoms in total. The molecular weight excluding hydrogens is 475 g/mol. The van der Waals surface area contributed by atoms with Crippen LogP contribution in [0.5, 0.6) is 0 Å². The molecule has 32 heavy (non-hydrogen) atoms. The summed E-state index contributed by atoms with van der Waals surface area (Å²) in [4.78, 5) is 22.6. The summed E-state index contributed by atoms with van der Waals surface area (Å²) in [7, 11) is 0. The predicted molar refractivity (Wildman–Crippen MR) is 130 cm³/mol. The molecule has 0 atom stereocenters. The van der Waals surface area contributed by atoms with E-state index in [0.29, 0.717) is 30.8 Å². The van der Waals surface area contributed by atoms with Crippen LogP contribution < -0.4 is 10.8 Å². The van der Waals surface area contributed by atoms with Crippen LogP contribution in [0, 0.1) is 12.7 Å². The maximum absolute atomic E-state index is 15.6. The Balaban J connectivity index is 2.00. The van der Waals surface area contributed by atoms with Gasteiger partial charge in [-0.2, -0.15) is 0 Å². The van der Waals surface area contributed by atoms with Crippen LogP contribution in [0.1, 0.15) is 48.5 Å². The molecule has 1 aromatic heterocycles. The Bertz CT molecular complexity index is 1110. The zero-order valence-electron chi connectivity index (χ0n) is 18.4. The third-order valence-electron chi connectivity index (χ3n) is 5.14. The number of carbonyl (C=O) groups excluding carboxylic acids is 1. The molecule has 0 spiro atoms. The quantitative estimate of drug-likeness (QED) is 0.180. The van der Waals surface area contributed by atoms with Crippen LogP contribution in [0.2, 0.25) is 0 Å². The van der Waals surface area contributed by atoms with E-state index in [0.717, 1.165) is 29.3 Å². The highest BCUT2D eigenvalue weighted by Crippen LogP contribution is 2.32. The average molecular weight is 503 g/mol. The number of fused-ring (bicyclic) bond motifs is 1. The summed E-state index contributed by atoms with van der Waals surface area (Å²) >= 11 is 3.43. The number of amides is 1. The lowest BCUT2D eigenvalue weighted by molar-refractivity contribution is 0.0299. The van der Waals surface area contributed by atoms with Crippen LogP contribution in [0.25, 0.3) is 11.0 Å². The fraction of sp³-hybridized carbons (Fsp3) is 0.333. The fourth-order valence-corrected chi connectivity index (χ4v) is 3.84. The van der Waals surface area contributed by atoms with Crippen molar-refractivity contribution in [1.82, 2.24) is 15.0 Å². The number of benzene rings is 2. The van der Waals surface area contributed by atoms with E-state index in [1.54, 1.807) is 18.5 Å². The average Bonchev–Trinajstić information content (AvgIpc) is 3.18. The summed E-state index contributed by atoms with van der Waals surface area (Å²) in [6, 6.07) is 7.25. The first-order valence-electron chi connectivity index (χ1n) is 10.7. The Morgan fingerprint density at radius 2 is 2.16 bits per heavy atom. The van der Waals surface area contributed by atoms with Crippen molar-refractivity contribution in [2.24, 2.45) is 0 Å². The highest BCUT2D eigenvalue weighted by molar-refractivity contribution is 9.10. The lowest BCUT2D eigenvalue weighted by Gasteiger charge is -2.16. The molecule has 0 fully saturated rings. The maximum atomic E-state index is 15.6. The number of halogens is 2. The molecule has 3 aromatic rings. The van der Waals surface area contributed by atoms with Gasteiger partial charge in [0.25, 0.3) is 5.91 Å². The SMILES string of the molecule is C=CCCn1cnc2c(F)c(Nc3ccc(Br)cc3C)c(C(=O)NOCCCCC)cc21. The van der Waals surface area contributed by atoms with Crippen LogP contribution >= 0.6 is 15.9 Å². The lowest BCUT2D eigenvalue weighted by atomic mass is 10.1. The van der Waals surface area contributed by atoms with E-state index in [1.807, 2.05) is 29.7 Å². The number of nitrogens with zero attached hydrogens (tertiary/aromatic N) is 2. The molecule has 3 rings (SSSR count). The van der Waals surface area contributed by atoms with E-state index in [4.69, 9.17) is 4.84 Å². The number of nitrogens with one attached hydrogen (secondary N) is 2. The lowest BCUT2D eigenvalue weighted by Crippen LogP contribution is -2.25. The number of anilines is 2. The minimum atomic E-state index is -0.585. The van der Waals surface area contributed by atoms with Crippen LogP contribution in [-0.2, 0) is 11.4 Å². The third kappa shape index (κ3) is 5.55. The van der Waals surface area contributed by atoms with Crippen molar-refractivity contribution in [1.29, 1.82) is 0 Å². The normalized spacial score (nSPS) is 11.0. The van der Waals surface area contributed by atoms with E-state index in [1.165, 1.54) is 0 Å². The molecule has 2 aromatic carbocycles. The molecule has 170 valence electrons. The first-order chi connectivity index (χ1) is 15.5. The maximum Gasteiger partial charge on any atom is 0.277 e. The number of rotatable bonds is 11. The summed E-state index contributed by atoms with van der Waals surface area (Å²) < 4.78 is 18.3. The van der Waals surface area contributed by atoms with Crippen molar-refractivity contribution in [3.8, 4) is 0 Å². The van der Waals surface area contributed by atoms with Gasteiger partial charge in [-0.15, -0.1) is 6.58 Å². The zero-order chi connectivity index (χ0) is 23.1. The molecule has 0 bridgehead atoms. The Hall–Kier alpha value is -2.71. The van der Waals surface area contributed by atoms with Gasteiger partial charge in [0.1, 0.15) is 5.52 Å². The standard InChI is InChI=1S/C24H28BrFN4O2/c1-4-6-8-12-32-29-24(31)18-14-20-23(27-15-30(20)11-7-5-2)21(26)22(18)28-19-10-9-17(25)13-16(19)3/h5,9-10,13-15,28H,2,4,6-8,11-12H2,1,3H3,(H,29,31). The molecule has 0 aliphatic heterocycles. The molecule has 2 N–H and O–H groups in total. The molecule has 0 saturated carbocycles. The number of hydrogen-bond acceptors (Lipinski definition) is 4. The van der Waals surface area contributed by atoms with Gasteiger partial charge in [0, 0.05) is 16.7 Å². The monoisotopic (exact) mass is 502 g/mol. The van der Waals surface area contributed by atoms with Crippen molar-refractivity contribution in [3.63, 3.8) is 0 Å². The molecule has 1 heterocycles. The van der Waals surface area contributed by atoms with Crippen LogP contribution in [-0.4, -0.2) is 22.1 Å². The van der Waals surface area contributed by atoms with E-state index >= 15 is 4.39 Å². The highest BCUT2D eigenvalue weighted by atomic mass is 79.9. The topological polar surface area (TPSA) is 68.2 Å². The molecule has 0 radical (unpaired) electrons. The van der Waals surface area contributed by atoms with Gasteiger partial charge in [0.2, 0.25) is 0 Å². The van der Waals surface area contributed by atoms with Gasteiger partial charge < -0.3 is 9.88 Å². The van der Waals surface area contributed by atoms with Gasteiger partial charge in [0.15, 0.2) is 5.82 Å². The molecule has 0 saturated heterocycles. The second kappa shape index (κ2) is 11.2. The summed E-state index contributed by atoms with van der Waals surface area (Å²) in [5.41, 5.74) is 5.00. The Kier molecular flexibility index (Phi) is 8.41. The highest BCUT2D eigenvalue weighted by Gasteiger charge is 2.22. The van der Waals surface area contributed by atoms with Crippen molar-refractivity contribution in [2.45, 2.75) is 46.1 Å². The minimum Gasteiger partial charge on any atom is -0.352 e. The van der Waals surface area contributed by atoms with Crippen LogP contribution in [0.4, 0.5) is 15.8 Å². The summed E-state index contributed by atoms with van der Waals surface area (Å²) in [6.07, 6.45) is 6.96. The molecule has 0 unspecified atom stereocenters. The largest absolute Gasteiger partial charge is 0.352 e. The smallest absolute Gasteiger partial charge is 0.277 e. The molecule has 0 aliphatic rings. The predicted octanol–water partition coefficient (Wildman–Crippen LogP) is 6.42. The van der Waals surface area contributed by atoms with E-state index in [9.17, 15) is 4.79 Å². The third-order valence-corrected chi connectivity index (χ3v) is 5.63. The Morgan fingerprint density at radius 3 is 2.88 bits per heavy atom. The van der Waals surface area contributed by atoms with Crippen molar-refractivity contribution < 1.29 is 14.0 Å². The van der Waals surface area contributed by atoms with Crippen molar-refractivity contribution in [3.05, 3.63) is 64.7 Å². The van der Waals surface area contributed by atoms with Crippen LogP contribution in [0.3, 0.4) is 0 Å². The minimum absolute atomic E-state index is 0.0616. The molecular formula is C24H28BrFN4O2. The van der Waals surface area contributed by atoms with Crippen molar-refractivity contribution in [2.75, 3.05) is 11.9 Å². The van der Waals surface area contributed by atoms with Gasteiger partial charge in [-0.25, -0.2) is 14.9 Å². The number of aryl methyl sites for hydroxylation is 2. The van der Waals surface area contributed by atoms with E-state index in [2.05, 4.69) is 45.2 Å². The van der Waals surface area contributed by atoms with Gasteiger partial charge in [-0.3, -0.25) is 9.63 Å². The summed E-state index contributed by atoms with van der Waals surface area (Å²) in [6.45, 7) is 8.72. The number of imidazole rings is 1. The summed E-state index contributed by atoms with van der Waals surface area (Å²) in [5, 5.41) is 3.09. The number of allylic oxidation sites excluding steroid dienone is 1. The van der Waals surface area contributed by atoms with Gasteiger partial charge in [-0.1, -0.05) is 41.8 Å². The Labute approximate surface area is 195 Å². The zero-order valence-corrected chi connectivity index (χ0v) is 20.0. The summed E-state index contributed by atoms with van der Waals surface area (Å²) in [5.74, 6) is -1.10. The first kappa shape index (κ1) is 23.9. The van der Waals surface area contributed by atoms with Crippen LogP contribution in [0.15, 0.2) is 47.7 Å². The number of aromatic nitrogens is 2. The number of hydrogen-bond donors (Lipinski definition) is 2. The van der Waals surface area contributed by atoms with Crippen molar-refractivity contribution >= 4 is 44.2 Å². The molecule has 1 amide bonds. The number of unbranched alkanes of at least 4 members (excludes halogenated alkanes) is 2. The number of carbonyl (C=O) groups is 1. The van der Waals surface area contributed by atoms with E-state index < -0.39 is 11.7 Å². The molecule has 0 aliphatic carbocycles. The second-order valence-electron chi connectivity index (χ2n) is 7.57. The second-order valence-corrected chi connectivity index (χ2v) is 8.48. The van der Waals surface area contributed by atoms with Gasteiger partial charge in [0.05, 0.1) is 29.7 Å². The van der Waals surface area contributed by atoms with Gasteiger partial charge >= 0.3 is 0 Å². The molecule has 8 heteroatoms. The van der Waals surface area contributed by atoms with E-state index in [-0.39, 0.29) is 16.8 Å². The first-order valence-corrected chi connectivity index (χ1v) is 11.5.